The van der Waals surface area contributed by atoms with Gasteiger partial charge in [0.1, 0.15) is 18.8 Å². The Hall–Kier alpha value is -1.30. The molecule has 0 spiro atoms. The number of aryl methyl sites for hydroxylation is 1. The van der Waals surface area contributed by atoms with Crippen LogP contribution in [0.5, 0.6) is 0 Å². The van der Waals surface area contributed by atoms with Crippen molar-refractivity contribution in [3.05, 3.63) is 17.6 Å². The Morgan fingerprint density at radius 3 is 2.89 bits per heavy atom. The standard InChI is InChI=1S/C13H19F2N3O/c14-12(15)8-19-7-6-16-13-10-4-2-1-3-5-11(10)17-9-18-13/h9,12H,1-8H2,(H,16,17,18). The zero-order valence-electron chi connectivity index (χ0n) is 10.9. The number of aromatic nitrogens is 2. The molecule has 6 heteroatoms. The number of fused-ring (bicyclic) bond motifs is 1. The molecule has 0 fully saturated rings. The van der Waals surface area contributed by atoms with Gasteiger partial charge in [0, 0.05) is 17.8 Å². The number of halogens is 2. The molecule has 0 aromatic carbocycles. The zero-order valence-corrected chi connectivity index (χ0v) is 10.9. The summed E-state index contributed by atoms with van der Waals surface area (Å²) in [6, 6.07) is 0. The first kappa shape index (κ1) is 14.1. The molecule has 1 aliphatic rings. The van der Waals surface area contributed by atoms with Gasteiger partial charge in [0.15, 0.2) is 0 Å². The van der Waals surface area contributed by atoms with E-state index in [2.05, 4.69) is 15.3 Å². The highest BCUT2D eigenvalue weighted by molar-refractivity contribution is 5.46. The fourth-order valence-electron chi connectivity index (χ4n) is 2.26. The monoisotopic (exact) mass is 271 g/mol. The van der Waals surface area contributed by atoms with Crippen LogP contribution >= 0.6 is 0 Å². The zero-order chi connectivity index (χ0) is 13.5. The molecule has 0 atom stereocenters. The van der Waals surface area contributed by atoms with Gasteiger partial charge in [-0.2, -0.15) is 0 Å². The molecule has 0 amide bonds. The Bertz CT molecular complexity index is 401. The average molecular weight is 271 g/mol. The second-order valence-corrected chi connectivity index (χ2v) is 4.60. The minimum Gasteiger partial charge on any atom is -0.374 e. The molecular formula is C13H19F2N3O. The van der Waals surface area contributed by atoms with E-state index in [1.54, 1.807) is 6.33 Å². The maximum Gasteiger partial charge on any atom is 0.261 e. The van der Waals surface area contributed by atoms with Crippen molar-refractivity contribution in [2.45, 2.75) is 38.5 Å². The first-order valence-electron chi connectivity index (χ1n) is 6.70. The van der Waals surface area contributed by atoms with E-state index in [1.807, 2.05) is 0 Å². The van der Waals surface area contributed by atoms with E-state index in [4.69, 9.17) is 4.74 Å². The largest absolute Gasteiger partial charge is 0.374 e. The van der Waals surface area contributed by atoms with Crippen LogP contribution < -0.4 is 5.32 Å². The topological polar surface area (TPSA) is 47.0 Å². The van der Waals surface area contributed by atoms with Gasteiger partial charge in [0.05, 0.1) is 6.61 Å². The van der Waals surface area contributed by atoms with Crippen molar-refractivity contribution >= 4 is 5.82 Å². The molecule has 1 heterocycles. The maximum atomic E-state index is 11.9. The average Bonchev–Trinajstić information content (AvgIpc) is 2.63. The lowest BCUT2D eigenvalue weighted by atomic mass is 10.1. The summed E-state index contributed by atoms with van der Waals surface area (Å²) in [5.74, 6) is 0.826. The summed E-state index contributed by atoms with van der Waals surface area (Å²) in [7, 11) is 0. The van der Waals surface area contributed by atoms with E-state index >= 15 is 0 Å². The lowest BCUT2D eigenvalue weighted by Gasteiger charge is -2.12. The Morgan fingerprint density at radius 1 is 1.21 bits per heavy atom. The summed E-state index contributed by atoms with van der Waals surface area (Å²) in [5, 5.41) is 3.15. The first-order chi connectivity index (χ1) is 9.27. The number of ether oxygens (including phenoxy) is 1. The Kier molecular flexibility index (Phi) is 5.44. The number of rotatable bonds is 6. The molecule has 4 nitrogen and oxygen atoms in total. The first-order valence-corrected chi connectivity index (χ1v) is 6.70. The lowest BCUT2D eigenvalue weighted by Crippen LogP contribution is -2.15. The summed E-state index contributed by atoms with van der Waals surface area (Å²) in [6.45, 7) is 0.225. The van der Waals surface area contributed by atoms with Gasteiger partial charge in [-0.15, -0.1) is 0 Å². The third-order valence-corrected chi connectivity index (χ3v) is 3.16. The van der Waals surface area contributed by atoms with Gasteiger partial charge in [-0.25, -0.2) is 18.7 Å². The van der Waals surface area contributed by atoms with Crippen molar-refractivity contribution in [3.8, 4) is 0 Å². The fraction of sp³-hybridized carbons (Fsp3) is 0.692. The smallest absolute Gasteiger partial charge is 0.261 e. The quantitative estimate of drug-likeness (QED) is 0.637. The number of nitrogens with zero attached hydrogens (tertiary/aromatic N) is 2. The molecule has 0 saturated carbocycles. The van der Waals surface area contributed by atoms with E-state index in [9.17, 15) is 8.78 Å². The summed E-state index contributed by atoms with van der Waals surface area (Å²) >= 11 is 0. The number of hydrogen-bond donors (Lipinski definition) is 1. The van der Waals surface area contributed by atoms with Gasteiger partial charge in [0.25, 0.3) is 6.43 Å². The van der Waals surface area contributed by atoms with Crippen LogP contribution in [-0.4, -0.2) is 36.2 Å². The Morgan fingerprint density at radius 2 is 2.05 bits per heavy atom. The summed E-state index contributed by atoms with van der Waals surface area (Å²) < 4.78 is 28.6. The predicted octanol–water partition coefficient (Wildman–Crippen LogP) is 2.44. The van der Waals surface area contributed by atoms with Gasteiger partial charge in [-0.1, -0.05) is 6.42 Å². The predicted molar refractivity (Wildman–Crippen MR) is 68.6 cm³/mol. The van der Waals surface area contributed by atoms with Gasteiger partial charge in [0.2, 0.25) is 0 Å². The van der Waals surface area contributed by atoms with Crippen LogP contribution in [0.25, 0.3) is 0 Å². The second kappa shape index (κ2) is 7.33. The van der Waals surface area contributed by atoms with E-state index < -0.39 is 13.0 Å². The van der Waals surface area contributed by atoms with E-state index in [-0.39, 0.29) is 6.61 Å². The van der Waals surface area contributed by atoms with Crippen molar-refractivity contribution in [2.75, 3.05) is 25.1 Å². The van der Waals surface area contributed by atoms with Crippen molar-refractivity contribution in [3.63, 3.8) is 0 Å². The van der Waals surface area contributed by atoms with Gasteiger partial charge in [-0.05, 0) is 25.7 Å². The highest BCUT2D eigenvalue weighted by Gasteiger charge is 2.13. The molecule has 19 heavy (non-hydrogen) atoms. The van der Waals surface area contributed by atoms with Gasteiger partial charge in [-0.3, -0.25) is 0 Å². The van der Waals surface area contributed by atoms with Gasteiger partial charge < -0.3 is 10.1 Å². The van der Waals surface area contributed by atoms with Crippen molar-refractivity contribution in [1.29, 1.82) is 0 Å². The molecule has 0 saturated heterocycles. The number of anilines is 1. The molecule has 0 aliphatic heterocycles. The van der Waals surface area contributed by atoms with Crippen LogP contribution in [-0.2, 0) is 17.6 Å². The van der Waals surface area contributed by atoms with Crippen molar-refractivity contribution in [2.24, 2.45) is 0 Å². The second-order valence-electron chi connectivity index (χ2n) is 4.60. The fourth-order valence-corrected chi connectivity index (χ4v) is 2.26. The van der Waals surface area contributed by atoms with Crippen LogP contribution in [0.2, 0.25) is 0 Å². The maximum absolute atomic E-state index is 11.9. The van der Waals surface area contributed by atoms with Crippen LogP contribution in [0.4, 0.5) is 14.6 Å². The highest BCUT2D eigenvalue weighted by atomic mass is 19.3. The highest BCUT2D eigenvalue weighted by Crippen LogP contribution is 2.23. The minimum atomic E-state index is -2.41. The van der Waals surface area contributed by atoms with Crippen LogP contribution in [0.15, 0.2) is 6.33 Å². The Balaban J connectivity index is 1.86. The third-order valence-electron chi connectivity index (χ3n) is 3.16. The molecule has 106 valence electrons. The van der Waals surface area contributed by atoms with Gasteiger partial charge >= 0.3 is 0 Å². The lowest BCUT2D eigenvalue weighted by molar-refractivity contribution is 0.0214. The third kappa shape index (κ3) is 4.38. The number of hydrogen-bond acceptors (Lipinski definition) is 4. The van der Waals surface area contributed by atoms with E-state index in [0.29, 0.717) is 6.54 Å². The molecule has 0 bridgehead atoms. The van der Waals surface area contributed by atoms with E-state index in [1.165, 1.54) is 18.4 Å². The number of alkyl halides is 2. The molecular weight excluding hydrogens is 252 g/mol. The van der Waals surface area contributed by atoms with Crippen LogP contribution in [0.1, 0.15) is 30.5 Å². The molecule has 0 radical (unpaired) electrons. The number of nitrogens with one attached hydrogen (secondary N) is 1. The van der Waals surface area contributed by atoms with E-state index in [0.717, 1.165) is 30.8 Å². The van der Waals surface area contributed by atoms with Crippen LogP contribution in [0, 0.1) is 0 Å². The minimum absolute atomic E-state index is 0.253. The summed E-state index contributed by atoms with van der Waals surface area (Å²) in [4.78, 5) is 8.57. The molecule has 1 aromatic rings. The molecule has 1 aliphatic carbocycles. The molecule has 0 unspecified atom stereocenters. The Labute approximate surface area is 111 Å². The summed E-state index contributed by atoms with van der Waals surface area (Å²) in [6.07, 6.45) is 4.66. The van der Waals surface area contributed by atoms with Crippen molar-refractivity contribution < 1.29 is 13.5 Å². The normalized spacial score (nSPS) is 15.1. The van der Waals surface area contributed by atoms with Crippen LogP contribution in [0.3, 0.4) is 0 Å². The molecule has 2 rings (SSSR count). The van der Waals surface area contributed by atoms with Crippen molar-refractivity contribution in [1.82, 2.24) is 9.97 Å². The molecule has 1 aromatic heterocycles. The SMILES string of the molecule is FC(F)COCCNc1ncnc2c1CCCCC2. The summed E-state index contributed by atoms with van der Waals surface area (Å²) in [5.41, 5.74) is 2.29. The molecule has 1 N–H and O–H groups in total.